The molecule has 0 aliphatic carbocycles. The van der Waals surface area contributed by atoms with Crippen molar-refractivity contribution in [2.24, 2.45) is 5.92 Å². The Morgan fingerprint density at radius 3 is 2.61 bits per heavy atom. The minimum atomic E-state index is -0.906. The van der Waals surface area contributed by atoms with Crippen molar-refractivity contribution in [3.63, 3.8) is 0 Å². The van der Waals surface area contributed by atoms with Crippen molar-refractivity contribution in [3.05, 3.63) is 41.6 Å². The summed E-state index contributed by atoms with van der Waals surface area (Å²) >= 11 is 0. The van der Waals surface area contributed by atoms with E-state index in [1.807, 2.05) is 44.2 Å². The van der Waals surface area contributed by atoms with Crippen LogP contribution in [-0.4, -0.2) is 10.8 Å². The zero-order valence-corrected chi connectivity index (χ0v) is 10.8. The van der Waals surface area contributed by atoms with Crippen LogP contribution in [0.2, 0.25) is 0 Å². The van der Waals surface area contributed by atoms with Gasteiger partial charge >= 0.3 is 0 Å². The third kappa shape index (κ3) is 1.53. The number of carbonyl (C=O) groups is 1. The molecule has 1 aliphatic rings. The Kier molecular flexibility index (Phi) is 2.96. The molecule has 0 N–H and O–H groups in total. The average Bonchev–Trinajstić information content (AvgIpc) is 2.36. The van der Waals surface area contributed by atoms with Crippen molar-refractivity contribution in [2.75, 3.05) is 0 Å². The lowest BCUT2D eigenvalue weighted by Crippen LogP contribution is -2.50. The first-order valence-corrected chi connectivity index (χ1v) is 6.03. The predicted molar refractivity (Wildman–Crippen MR) is 70.1 cm³/mol. The molecule has 1 aliphatic heterocycles. The van der Waals surface area contributed by atoms with Crippen molar-refractivity contribution in [3.8, 4) is 6.07 Å². The monoisotopic (exact) mass is 240 g/mol. The summed E-state index contributed by atoms with van der Waals surface area (Å²) in [7, 11) is 0. The summed E-state index contributed by atoms with van der Waals surface area (Å²) in [6, 6.07) is 10.1. The van der Waals surface area contributed by atoms with Gasteiger partial charge in [0, 0.05) is 13.1 Å². The van der Waals surface area contributed by atoms with E-state index in [1.54, 1.807) is 11.1 Å². The van der Waals surface area contributed by atoms with E-state index in [9.17, 15) is 10.1 Å². The topological polar surface area (TPSA) is 44.1 Å². The molecular weight excluding hydrogens is 224 g/mol. The van der Waals surface area contributed by atoms with Crippen LogP contribution in [0.1, 0.15) is 31.9 Å². The quantitative estimate of drug-likeness (QED) is 0.757. The van der Waals surface area contributed by atoms with E-state index in [4.69, 9.17) is 0 Å². The number of fused-ring (bicyclic) bond motifs is 1. The second kappa shape index (κ2) is 4.30. The lowest BCUT2D eigenvalue weighted by molar-refractivity contribution is -0.131. The Morgan fingerprint density at radius 1 is 1.39 bits per heavy atom. The van der Waals surface area contributed by atoms with Crippen LogP contribution in [0.4, 0.5) is 0 Å². The molecule has 0 radical (unpaired) electrons. The second-order valence-electron chi connectivity index (χ2n) is 4.82. The van der Waals surface area contributed by atoms with Crippen LogP contribution >= 0.6 is 0 Å². The van der Waals surface area contributed by atoms with Gasteiger partial charge in [0.15, 0.2) is 5.54 Å². The van der Waals surface area contributed by atoms with E-state index in [-0.39, 0.29) is 11.8 Å². The van der Waals surface area contributed by atoms with Gasteiger partial charge in [0.2, 0.25) is 5.91 Å². The highest BCUT2D eigenvalue weighted by Crippen LogP contribution is 2.41. The maximum atomic E-state index is 11.8. The highest BCUT2D eigenvalue weighted by atomic mass is 16.2. The molecule has 3 nitrogen and oxygen atoms in total. The zero-order valence-electron chi connectivity index (χ0n) is 10.8. The van der Waals surface area contributed by atoms with Gasteiger partial charge in [-0.2, -0.15) is 5.26 Å². The van der Waals surface area contributed by atoms with E-state index in [1.165, 1.54) is 6.92 Å². The molecule has 0 fully saturated rings. The van der Waals surface area contributed by atoms with E-state index in [0.717, 1.165) is 11.1 Å². The highest BCUT2D eigenvalue weighted by molar-refractivity contribution is 5.80. The number of amides is 1. The van der Waals surface area contributed by atoms with Crippen LogP contribution in [0.3, 0.4) is 0 Å². The molecule has 92 valence electrons. The summed E-state index contributed by atoms with van der Waals surface area (Å²) in [6.07, 6.45) is 3.60. The van der Waals surface area contributed by atoms with E-state index < -0.39 is 5.54 Å². The summed E-state index contributed by atoms with van der Waals surface area (Å²) in [6.45, 7) is 5.43. The van der Waals surface area contributed by atoms with E-state index in [2.05, 4.69) is 6.07 Å². The lowest BCUT2D eigenvalue weighted by atomic mass is 9.76. The fourth-order valence-electron chi connectivity index (χ4n) is 2.58. The normalized spacial score (nSPS) is 21.6. The van der Waals surface area contributed by atoms with Gasteiger partial charge in [-0.25, -0.2) is 0 Å². The molecule has 1 heterocycles. The van der Waals surface area contributed by atoms with Crippen LogP contribution in [0.15, 0.2) is 30.5 Å². The molecule has 18 heavy (non-hydrogen) atoms. The Balaban J connectivity index is 2.74. The summed E-state index contributed by atoms with van der Waals surface area (Å²) in [5.41, 5.74) is 1.00. The van der Waals surface area contributed by atoms with Crippen LogP contribution in [-0.2, 0) is 10.3 Å². The molecule has 1 aromatic rings. The van der Waals surface area contributed by atoms with Gasteiger partial charge in [-0.1, -0.05) is 38.1 Å². The standard InChI is InChI=1S/C15H16N2O/c1-11(2)15(10-16)14-7-5-4-6-13(14)8-9-17(15)12(3)18/h4-9,11H,1-3H3. The van der Waals surface area contributed by atoms with Gasteiger partial charge in [-0.3, -0.25) is 9.69 Å². The SMILES string of the molecule is CC(=O)N1C=Cc2ccccc2C1(C#N)C(C)C. The van der Waals surface area contributed by atoms with Crippen LogP contribution in [0.25, 0.3) is 6.08 Å². The smallest absolute Gasteiger partial charge is 0.225 e. The molecular formula is C15H16N2O. The molecule has 1 amide bonds. The first-order chi connectivity index (χ1) is 8.54. The van der Waals surface area contributed by atoms with Gasteiger partial charge in [0.05, 0.1) is 6.07 Å². The molecule has 3 heteroatoms. The molecule has 0 bridgehead atoms. The molecule has 1 unspecified atom stereocenters. The molecule has 2 rings (SSSR count). The molecule has 0 spiro atoms. The first kappa shape index (κ1) is 12.4. The van der Waals surface area contributed by atoms with Crippen LogP contribution in [0.5, 0.6) is 0 Å². The lowest BCUT2D eigenvalue weighted by Gasteiger charge is -2.42. The Hall–Kier alpha value is -2.08. The highest BCUT2D eigenvalue weighted by Gasteiger charge is 2.45. The van der Waals surface area contributed by atoms with Crippen LogP contribution < -0.4 is 0 Å². The van der Waals surface area contributed by atoms with Gasteiger partial charge in [0.25, 0.3) is 0 Å². The van der Waals surface area contributed by atoms with Crippen molar-refractivity contribution in [1.29, 1.82) is 5.26 Å². The summed E-state index contributed by atoms with van der Waals surface area (Å²) in [4.78, 5) is 13.4. The fourth-order valence-corrected chi connectivity index (χ4v) is 2.58. The molecule has 0 saturated heterocycles. The van der Waals surface area contributed by atoms with E-state index >= 15 is 0 Å². The minimum Gasteiger partial charge on any atom is -0.296 e. The van der Waals surface area contributed by atoms with Crippen molar-refractivity contribution in [1.82, 2.24) is 4.90 Å². The third-order valence-corrected chi connectivity index (χ3v) is 3.50. The Morgan fingerprint density at radius 2 is 2.06 bits per heavy atom. The van der Waals surface area contributed by atoms with Crippen molar-refractivity contribution < 1.29 is 4.79 Å². The fraction of sp³-hybridized carbons (Fsp3) is 0.333. The van der Waals surface area contributed by atoms with Gasteiger partial charge in [0.1, 0.15) is 0 Å². The van der Waals surface area contributed by atoms with Gasteiger partial charge in [-0.05, 0) is 23.1 Å². The number of hydrogen-bond acceptors (Lipinski definition) is 2. The predicted octanol–water partition coefficient (Wildman–Crippen LogP) is 2.89. The number of nitrogens with zero attached hydrogens (tertiary/aromatic N) is 2. The second-order valence-corrected chi connectivity index (χ2v) is 4.82. The number of rotatable bonds is 1. The summed E-state index contributed by atoms with van der Waals surface area (Å²) < 4.78 is 0. The average molecular weight is 240 g/mol. The van der Waals surface area contributed by atoms with Crippen molar-refractivity contribution >= 4 is 12.0 Å². The minimum absolute atomic E-state index is 0.0116. The maximum Gasteiger partial charge on any atom is 0.225 e. The Bertz CT molecular complexity index is 554. The third-order valence-electron chi connectivity index (χ3n) is 3.50. The van der Waals surface area contributed by atoms with Gasteiger partial charge in [-0.15, -0.1) is 0 Å². The van der Waals surface area contributed by atoms with E-state index in [0.29, 0.717) is 0 Å². The number of nitriles is 1. The molecule has 1 aromatic carbocycles. The summed E-state index contributed by atoms with van der Waals surface area (Å²) in [5, 5.41) is 9.70. The van der Waals surface area contributed by atoms with Crippen molar-refractivity contribution in [2.45, 2.75) is 26.3 Å². The largest absolute Gasteiger partial charge is 0.296 e. The first-order valence-electron chi connectivity index (χ1n) is 6.03. The zero-order chi connectivity index (χ0) is 13.3. The Labute approximate surface area is 107 Å². The molecule has 1 atom stereocenters. The maximum absolute atomic E-state index is 11.8. The summed E-state index contributed by atoms with van der Waals surface area (Å²) in [5.74, 6) is -0.103. The van der Waals surface area contributed by atoms with Crippen LogP contribution in [0, 0.1) is 17.2 Å². The number of carbonyl (C=O) groups excluding carboxylic acids is 1. The van der Waals surface area contributed by atoms with Gasteiger partial charge < -0.3 is 0 Å². The number of hydrogen-bond donors (Lipinski definition) is 0. The number of benzene rings is 1. The molecule has 0 saturated carbocycles. The molecule has 0 aromatic heterocycles.